The molecule has 1 aromatic heterocycles. The van der Waals surface area contributed by atoms with E-state index in [1.54, 1.807) is 18.3 Å². The number of benzene rings is 1. The van der Waals surface area contributed by atoms with E-state index in [2.05, 4.69) is 28.7 Å². The minimum absolute atomic E-state index is 0.272. The van der Waals surface area contributed by atoms with Crippen molar-refractivity contribution in [3.63, 3.8) is 0 Å². The number of ether oxygens (including phenoxy) is 3. The number of thioether (sulfide) groups is 1. The molecule has 2 aromatic rings. The molecule has 3 rings (SSSR count). The monoisotopic (exact) mass is 504 g/mol. The van der Waals surface area contributed by atoms with Gasteiger partial charge in [-0.1, -0.05) is 13.8 Å². The SMILES string of the molecule is COc1cc2c(N3CCN(C(=O)OC(C)(C)C)CC3)ncnc2cc1OCCCSCCC(C)C. The van der Waals surface area contributed by atoms with E-state index < -0.39 is 5.60 Å². The van der Waals surface area contributed by atoms with Crippen LogP contribution in [0.2, 0.25) is 0 Å². The second kappa shape index (κ2) is 12.5. The van der Waals surface area contributed by atoms with Crippen LogP contribution in [0.4, 0.5) is 10.6 Å². The Bertz CT molecular complexity index is 972. The number of aromatic nitrogens is 2. The molecular weight excluding hydrogens is 464 g/mol. The van der Waals surface area contributed by atoms with E-state index in [0.29, 0.717) is 44.3 Å². The summed E-state index contributed by atoms with van der Waals surface area (Å²) in [7, 11) is 1.65. The fourth-order valence-corrected chi connectivity index (χ4v) is 4.93. The zero-order valence-corrected chi connectivity index (χ0v) is 22.8. The fraction of sp³-hybridized carbons (Fsp3) is 0.654. The third-order valence-electron chi connectivity index (χ3n) is 5.66. The highest BCUT2D eigenvalue weighted by atomic mass is 32.2. The van der Waals surface area contributed by atoms with Crippen LogP contribution in [0, 0.1) is 5.92 Å². The van der Waals surface area contributed by atoms with Gasteiger partial charge in [-0.25, -0.2) is 14.8 Å². The summed E-state index contributed by atoms with van der Waals surface area (Å²) in [6, 6.07) is 3.89. The van der Waals surface area contributed by atoms with Gasteiger partial charge in [-0.3, -0.25) is 0 Å². The molecule has 194 valence electrons. The first kappa shape index (κ1) is 27.2. The van der Waals surface area contributed by atoms with Crippen molar-refractivity contribution < 1.29 is 19.0 Å². The molecule has 0 radical (unpaired) electrons. The van der Waals surface area contributed by atoms with Crippen LogP contribution in [0.25, 0.3) is 10.9 Å². The van der Waals surface area contributed by atoms with Gasteiger partial charge in [-0.15, -0.1) is 0 Å². The van der Waals surface area contributed by atoms with Crippen molar-refractivity contribution in [3.8, 4) is 11.5 Å². The Labute approximate surface area is 213 Å². The molecule has 35 heavy (non-hydrogen) atoms. The number of piperazine rings is 1. The number of methoxy groups -OCH3 is 1. The summed E-state index contributed by atoms with van der Waals surface area (Å²) in [6.45, 7) is 13.3. The van der Waals surface area contributed by atoms with E-state index in [0.717, 1.165) is 34.8 Å². The van der Waals surface area contributed by atoms with Gasteiger partial charge < -0.3 is 24.0 Å². The zero-order chi connectivity index (χ0) is 25.4. The Morgan fingerprint density at radius 2 is 1.83 bits per heavy atom. The topological polar surface area (TPSA) is 77.0 Å². The Morgan fingerprint density at radius 3 is 2.49 bits per heavy atom. The highest BCUT2D eigenvalue weighted by Gasteiger charge is 2.27. The summed E-state index contributed by atoms with van der Waals surface area (Å²) in [6.07, 6.45) is 3.55. The molecule has 9 heteroatoms. The molecule has 8 nitrogen and oxygen atoms in total. The number of hydrogen-bond acceptors (Lipinski definition) is 8. The van der Waals surface area contributed by atoms with Crippen molar-refractivity contribution in [2.45, 2.75) is 53.1 Å². The van der Waals surface area contributed by atoms with Crippen molar-refractivity contribution in [2.75, 3.05) is 56.3 Å². The molecule has 0 aliphatic carbocycles. The van der Waals surface area contributed by atoms with Crippen LogP contribution < -0.4 is 14.4 Å². The molecule has 0 atom stereocenters. The van der Waals surface area contributed by atoms with Gasteiger partial charge in [0.25, 0.3) is 0 Å². The molecule has 1 amide bonds. The lowest BCUT2D eigenvalue weighted by molar-refractivity contribution is 0.0240. The first-order valence-corrected chi connectivity index (χ1v) is 13.6. The quantitative estimate of drug-likeness (QED) is 0.407. The number of fused-ring (bicyclic) bond motifs is 1. The van der Waals surface area contributed by atoms with Crippen molar-refractivity contribution in [3.05, 3.63) is 18.5 Å². The molecule has 1 aliphatic rings. The van der Waals surface area contributed by atoms with Crippen LogP contribution in [0.5, 0.6) is 11.5 Å². The van der Waals surface area contributed by atoms with E-state index in [9.17, 15) is 4.79 Å². The highest BCUT2D eigenvalue weighted by Crippen LogP contribution is 2.35. The molecule has 0 N–H and O–H groups in total. The standard InChI is InChI=1S/C26H40N4O4S/c1-19(2)8-15-35-14-7-13-33-23-17-21-20(16-22(23)32-6)24(28-18-27-21)29-9-11-30(12-10-29)25(31)34-26(3,4)5/h16-19H,7-15H2,1-6H3. The summed E-state index contributed by atoms with van der Waals surface area (Å²) in [5.74, 6) is 5.25. The summed E-state index contributed by atoms with van der Waals surface area (Å²) in [4.78, 5) is 25.4. The van der Waals surface area contributed by atoms with Gasteiger partial charge in [-0.05, 0) is 57.1 Å². The van der Waals surface area contributed by atoms with Crippen LogP contribution in [-0.2, 0) is 4.74 Å². The smallest absolute Gasteiger partial charge is 0.410 e. The number of rotatable bonds is 10. The van der Waals surface area contributed by atoms with Crippen LogP contribution in [0.15, 0.2) is 18.5 Å². The van der Waals surface area contributed by atoms with Crippen LogP contribution >= 0.6 is 11.8 Å². The van der Waals surface area contributed by atoms with Gasteiger partial charge in [0.1, 0.15) is 17.7 Å². The predicted octanol–water partition coefficient (Wildman–Crippen LogP) is 5.24. The maximum atomic E-state index is 12.4. The van der Waals surface area contributed by atoms with Crippen molar-refractivity contribution >= 4 is 34.6 Å². The highest BCUT2D eigenvalue weighted by molar-refractivity contribution is 7.99. The first-order chi connectivity index (χ1) is 16.7. The normalized spacial score (nSPS) is 14.5. The van der Waals surface area contributed by atoms with Gasteiger partial charge in [0, 0.05) is 37.6 Å². The Morgan fingerprint density at radius 1 is 1.09 bits per heavy atom. The summed E-state index contributed by atoms with van der Waals surface area (Å²) in [5, 5.41) is 0.909. The Hall–Kier alpha value is -2.42. The van der Waals surface area contributed by atoms with Gasteiger partial charge in [0.15, 0.2) is 11.5 Å². The lowest BCUT2D eigenvalue weighted by Gasteiger charge is -2.36. The molecule has 1 aromatic carbocycles. The molecule has 1 aliphatic heterocycles. The lowest BCUT2D eigenvalue weighted by atomic mass is 10.2. The number of anilines is 1. The average Bonchev–Trinajstić information content (AvgIpc) is 2.81. The number of carbonyl (C=O) groups is 1. The number of amides is 1. The molecule has 1 fully saturated rings. The molecule has 0 saturated carbocycles. The van der Waals surface area contributed by atoms with Crippen LogP contribution in [0.3, 0.4) is 0 Å². The summed E-state index contributed by atoms with van der Waals surface area (Å²) in [5.41, 5.74) is 0.312. The third kappa shape index (κ3) is 8.05. The average molecular weight is 505 g/mol. The lowest BCUT2D eigenvalue weighted by Crippen LogP contribution is -2.50. The summed E-state index contributed by atoms with van der Waals surface area (Å²) >= 11 is 1.98. The molecular formula is C26H40N4O4S. The summed E-state index contributed by atoms with van der Waals surface area (Å²) < 4.78 is 17.2. The first-order valence-electron chi connectivity index (χ1n) is 12.4. The molecule has 0 unspecified atom stereocenters. The van der Waals surface area contributed by atoms with Crippen molar-refractivity contribution in [2.24, 2.45) is 5.92 Å². The zero-order valence-electron chi connectivity index (χ0n) is 22.0. The molecule has 0 bridgehead atoms. The number of hydrogen-bond donors (Lipinski definition) is 0. The second-order valence-corrected chi connectivity index (χ2v) is 11.4. The van der Waals surface area contributed by atoms with E-state index in [1.807, 2.05) is 44.7 Å². The Kier molecular flexibility index (Phi) is 9.71. The fourth-order valence-electron chi connectivity index (χ4n) is 3.77. The van der Waals surface area contributed by atoms with E-state index >= 15 is 0 Å². The minimum Gasteiger partial charge on any atom is -0.493 e. The maximum absolute atomic E-state index is 12.4. The van der Waals surface area contributed by atoms with Gasteiger partial charge >= 0.3 is 6.09 Å². The van der Waals surface area contributed by atoms with E-state index in [4.69, 9.17) is 14.2 Å². The van der Waals surface area contributed by atoms with E-state index in [-0.39, 0.29) is 6.09 Å². The predicted molar refractivity (Wildman–Crippen MR) is 143 cm³/mol. The molecule has 0 spiro atoms. The van der Waals surface area contributed by atoms with Gasteiger partial charge in [0.05, 0.1) is 19.2 Å². The number of carbonyl (C=O) groups excluding carboxylic acids is 1. The van der Waals surface area contributed by atoms with E-state index in [1.165, 1.54) is 12.2 Å². The maximum Gasteiger partial charge on any atom is 0.410 e. The van der Waals surface area contributed by atoms with Gasteiger partial charge in [0.2, 0.25) is 0 Å². The second-order valence-electron chi connectivity index (χ2n) is 10.2. The molecule has 1 saturated heterocycles. The largest absolute Gasteiger partial charge is 0.493 e. The van der Waals surface area contributed by atoms with Crippen LogP contribution in [-0.4, -0.2) is 78.0 Å². The van der Waals surface area contributed by atoms with Crippen LogP contribution in [0.1, 0.15) is 47.5 Å². The molecule has 2 heterocycles. The van der Waals surface area contributed by atoms with Crippen molar-refractivity contribution in [1.29, 1.82) is 0 Å². The number of nitrogens with zero attached hydrogens (tertiary/aromatic N) is 4. The van der Waals surface area contributed by atoms with Gasteiger partial charge in [-0.2, -0.15) is 11.8 Å². The third-order valence-corrected chi connectivity index (χ3v) is 6.76. The Balaban J connectivity index is 1.63. The van der Waals surface area contributed by atoms with Crippen molar-refractivity contribution in [1.82, 2.24) is 14.9 Å². The minimum atomic E-state index is -0.500.